The zero-order valence-corrected chi connectivity index (χ0v) is 22.4. The molecule has 4 rings (SSSR count). The Bertz CT molecular complexity index is 1420. The molecule has 0 unspecified atom stereocenters. The maximum atomic E-state index is 13.7. The number of nitrogens with zero attached hydrogens (tertiary/aromatic N) is 2. The van der Waals surface area contributed by atoms with Crippen molar-refractivity contribution in [2.75, 3.05) is 38.8 Å². The van der Waals surface area contributed by atoms with Crippen molar-refractivity contribution in [2.24, 2.45) is 0 Å². The first-order valence-corrected chi connectivity index (χ1v) is 13.6. The highest BCUT2D eigenvalue weighted by molar-refractivity contribution is 7.89. The predicted octanol–water partition coefficient (Wildman–Crippen LogP) is 3.55. The van der Waals surface area contributed by atoms with Gasteiger partial charge in [-0.15, -0.1) is 0 Å². The van der Waals surface area contributed by atoms with E-state index in [4.69, 9.17) is 25.8 Å². The lowest BCUT2D eigenvalue weighted by Gasteiger charge is -2.34. The fourth-order valence-electron chi connectivity index (χ4n) is 4.10. The SMILES string of the molecule is COC(=O)[C@H]1CN(C(=O)CN(CCc2ccccc2)S(=O)(=O)c2ccc(OC)c(Cl)c2)c2ccccc2O1. The van der Waals surface area contributed by atoms with Crippen LogP contribution in [0.2, 0.25) is 5.02 Å². The molecule has 0 bridgehead atoms. The van der Waals surface area contributed by atoms with Gasteiger partial charge in [0, 0.05) is 6.54 Å². The fraction of sp³-hybridized carbons (Fsp3) is 0.259. The van der Waals surface area contributed by atoms with Crippen LogP contribution in [0.3, 0.4) is 0 Å². The number of benzene rings is 3. The number of rotatable bonds is 9. The van der Waals surface area contributed by atoms with E-state index >= 15 is 0 Å². The Morgan fingerprint density at radius 1 is 1.05 bits per heavy atom. The number of hydrogen-bond acceptors (Lipinski definition) is 7. The second-order valence-electron chi connectivity index (χ2n) is 8.47. The molecule has 3 aromatic carbocycles. The Balaban J connectivity index is 1.66. The summed E-state index contributed by atoms with van der Waals surface area (Å²) in [7, 11) is -1.48. The third kappa shape index (κ3) is 5.93. The van der Waals surface area contributed by atoms with Crippen molar-refractivity contribution in [3.05, 3.63) is 83.4 Å². The van der Waals surface area contributed by atoms with Crippen molar-refractivity contribution in [2.45, 2.75) is 17.4 Å². The molecule has 1 amide bonds. The molecule has 11 heteroatoms. The molecule has 0 N–H and O–H groups in total. The second-order valence-corrected chi connectivity index (χ2v) is 10.8. The normalized spacial score (nSPS) is 14.9. The number of methoxy groups -OCH3 is 2. The van der Waals surface area contributed by atoms with Crippen molar-refractivity contribution in [1.29, 1.82) is 0 Å². The Hall–Kier alpha value is -3.60. The van der Waals surface area contributed by atoms with Crippen molar-refractivity contribution in [3.8, 4) is 11.5 Å². The van der Waals surface area contributed by atoms with Gasteiger partial charge in [0.1, 0.15) is 11.5 Å². The zero-order chi connectivity index (χ0) is 27.3. The molecule has 0 radical (unpaired) electrons. The number of hydrogen-bond donors (Lipinski definition) is 0. The van der Waals surface area contributed by atoms with E-state index in [1.165, 1.54) is 37.3 Å². The van der Waals surface area contributed by atoms with Gasteiger partial charge in [0.15, 0.2) is 0 Å². The summed E-state index contributed by atoms with van der Waals surface area (Å²) >= 11 is 6.22. The Morgan fingerprint density at radius 3 is 2.45 bits per heavy atom. The molecule has 1 atom stereocenters. The number of amides is 1. The van der Waals surface area contributed by atoms with E-state index in [9.17, 15) is 18.0 Å². The van der Waals surface area contributed by atoms with Gasteiger partial charge in [-0.05, 0) is 42.3 Å². The molecule has 0 spiro atoms. The minimum absolute atomic E-state index is 0.0359. The highest BCUT2D eigenvalue weighted by atomic mass is 35.5. The number of anilines is 1. The van der Waals surface area contributed by atoms with Gasteiger partial charge in [-0.1, -0.05) is 54.1 Å². The number of ether oxygens (including phenoxy) is 3. The smallest absolute Gasteiger partial charge is 0.348 e. The summed E-state index contributed by atoms with van der Waals surface area (Å²) in [6.45, 7) is -0.557. The van der Waals surface area contributed by atoms with E-state index in [-0.39, 0.29) is 23.0 Å². The lowest BCUT2D eigenvalue weighted by Crippen LogP contribution is -2.51. The monoisotopic (exact) mass is 558 g/mol. The third-order valence-electron chi connectivity index (χ3n) is 6.10. The van der Waals surface area contributed by atoms with E-state index in [0.717, 1.165) is 9.87 Å². The topological polar surface area (TPSA) is 102 Å². The van der Waals surface area contributed by atoms with Crippen LogP contribution in [0.4, 0.5) is 5.69 Å². The van der Waals surface area contributed by atoms with Crippen LogP contribution < -0.4 is 14.4 Å². The van der Waals surface area contributed by atoms with Gasteiger partial charge in [-0.2, -0.15) is 4.31 Å². The number of sulfonamides is 1. The first-order chi connectivity index (χ1) is 18.2. The maximum Gasteiger partial charge on any atom is 0.348 e. The molecular formula is C27H27ClN2O7S. The number of esters is 1. The molecule has 0 aromatic heterocycles. The molecule has 38 heavy (non-hydrogen) atoms. The van der Waals surface area contributed by atoms with Crippen LogP contribution in [0.1, 0.15) is 5.56 Å². The van der Waals surface area contributed by atoms with Gasteiger partial charge in [0.05, 0.1) is 42.9 Å². The van der Waals surface area contributed by atoms with Gasteiger partial charge in [0.25, 0.3) is 0 Å². The quantitative estimate of drug-likeness (QED) is 0.370. The summed E-state index contributed by atoms with van der Waals surface area (Å²) in [4.78, 5) is 27.2. The summed E-state index contributed by atoms with van der Waals surface area (Å²) < 4.78 is 44.3. The van der Waals surface area contributed by atoms with Crippen molar-refractivity contribution in [1.82, 2.24) is 4.31 Å². The first kappa shape index (κ1) is 27.4. The van der Waals surface area contributed by atoms with E-state index in [2.05, 4.69) is 0 Å². The highest BCUT2D eigenvalue weighted by Gasteiger charge is 2.36. The second kappa shape index (κ2) is 11.8. The molecule has 0 fully saturated rings. The average molecular weight is 559 g/mol. The van der Waals surface area contributed by atoms with Crippen LogP contribution in [0.15, 0.2) is 77.7 Å². The largest absolute Gasteiger partial charge is 0.495 e. The summed E-state index contributed by atoms with van der Waals surface area (Å²) in [6, 6.07) is 20.3. The van der Waals surface area contributed by atoms with E-state index in [1.807, 2.05) is 30.3 Å². The lowest BCUT2D eigenvalue weighted by atomic mass is 10.1. The zero-order valence-electron chi connectivity index (χ0n) is 20.9. The van der Waals surface area contributed by atoms with Crippen LogP contribution >= 0.6 is 11.6 Å². The van der Waals surface area contributed by atoms with Crippen LogP contribution in [0, 0.1) is 0 Å². The lowest BCUT2D eigenvalue weighted by molar-refractivity contribution is -0.148. The van der Waals surface area contributed by atoms with Gasteiger partial charge in [0.2, 0.25) is 22.0 Å². The maximum absolute atomic E-state index is 13.7. The molecule has 1 aliphatic rings. The Kier molecular flexibility index (Phi) is 8.55. The Morgan fingerprint density at radius 2 is 1.76 bits per heavy atom. The number of carbonyl (C=O) groups is 2. The number of halogens is 1. The van der Waals surface area contributed by atoms with Crippen LogP contribution in [-0.2, 0) is 30.8 Å². The standard InChI is InChI=1S/C27H27ClN2O7S/c1-35-23-13-12-20(16-21(23)28)38(33,34)29(15-14-19-8-4-3-5-9-19)18-26(31)30-17-25(27(32)36-2)37-24-11-7-6-10-22(24)30/h3-13,16,25H,14-15,17-18H2,1-2H3/t25-/m1/s1. The summed E-state index contributed by atoms with van der Waals surface area (Å²) in [6.07, 6.45) is -0.671. The highest BCUT2D eigenvalue weighted by Crippen LogP contribution is 2.34. The van der Waals surface area contributed by atoms with E-state index < -0.39 is 34.5 Å². The van der Waals surface area contributed by atoms with Gasteiger partial charge in [-0.25, -0.2) is 13.2 Å². The fourth-order valence-corrected chi connectivity index (χ4v) is 5.84. The molecular weight excluding hydrogens is 532 g/mol. The first-order valence-electron chi connectivity index (χ1n) is 11.8. The van der Waals surface area contributed by atoms with E-state index in [1.54, 1.807) is 24.3 Å². The minimum atomic E-state index is -4.14. The van der Waals surface area contributed by atoms with Gasteiger partial charge < -0.3 is 19.1 Å². The summed E-state index contributed by atoms with van der Waals surface area (Å²) in [5.74, 6) is -0.510. The minimum Gasteiger partial charge on any atom is -0.495 e. The third-order valence-corrected chi connectivity index (χ3v) is 8.24. The van der Waals surface area contributed by atoms with Crippen LogP contribution in [-0.4, -0.2) is 64.6 Å². The molecule has 200 valence electrons. The van der Waals surface area contributed by atoms with Crippen molar-refractivity contribution >= 4 is 39.2 Å². The number of carbonyl (C=O) groups excluding carboxylic acids is 2. The van der Waals surface area contributed by atoms with Crippen molar-refractivity contribution < 1.29 is 32.2 Å². The summed E-state index contributed by atoms with van der Waals surface area (Å²) in [5.41, 5.74) is 1.35. The molecule has 0 saturated heterocycles. The Labute approximate surface area is 226 Å². The molecule has 0 saturated carbocycles. The molecule has 1 aliphatic heterocycles. The number of fused-ring (bicyclic) bond motifs is 1. The van der Waals surface area contributed by atoms with Gasteiger partial charge >= 0.3 is 5.97 Å². The molecule has 9 nitrogen and oxygen atoms in total. The van der Waals surface area contributed by atoms with Crippen LogP contribution in [0.5, 0.6) is 11.5 Å². The summed E-state index contributed by atoms with van der Waals surface area (Å²) in [5, 5.41) is 0.130. The predicted molar refractivity (Wildman–Crippen MR) is 142 cm³/mol. The van der Waals surface area contributed by atoms with E-state index in [0.29, 0.717) is 23.6 Å². The average Bonchev–Trinajstić information content (AvgIpc) is 2.94. The number of para-hydroxylation sites is 2. The molecule has 1 heterocycles. The van der Waals surface area contributed by atoms with Gasteiger partial charge in [-0.3, -0.25) is 4.79 Å². The van der Waals surface area contributed by atoms with Crippen LogP contribution in [0.25, 0.3) is 0 Å². The molecule has 0 aliphatic carbocycles. The van der Waals surface area contributed by atoms with Crippen molar-refractivity contribution in [3.63, 3.8) is 0 Å². The molecule has 3 aromatic rings.